The normalized spacial score (nSPS) is 23.8. The lowest BCUT2D eigenvalue weighted by Crippen LogP contribution is -2.53. The monoisotopic (exact) mass is 316 g/mol. The molecule has 0 saturated carbocycles. The van der Waals surface area contributed by atoms with Crippen LogP contribution in [0.2, 0.25) is 0 Å². The highest BCUT2D eigenvalue weighted by Crippen LogP contribution is 2.18. The topological polar surface area (TPSA) is 84.9 Å². The van der Waals surface area contributed by atoms with Gasteiger partial charge in [-0.1, -0.05) is 0 Å². The minimum absolute atomic E-state index is 0.0260. The van der Waals surface area contributed by atoms with Crippen LogP contribution in [-0.2, 0) is 4.79 Å². The zero-order valence-corrected chi connectivity index (χ0v) is 13.0. The number of carboxylic acids is 1. The molecule has 2 heterocycles. The van der Waals surface area contributed by atoms with E-state index in [-0.39, 0.29) is 18.5 Å². The highest BCUT2D eigenvalue weighted by Gasteiger charge is 2.28. The number of carbonyl (C=O) groups excluding carboxylic acids is 1. The summed E-state index contributed by atoms with van der Waals surface area (Å²) >= 11 is 1.71. The molecule has 3 N–H and O–H groups in total. The fraction of sp³-hybridized carbons (Fsp3) is 0.846. The molecule has 0 aromatic heterocycles. The maximum atomic E-state index is 12.2. The smallest absolute Gasteiger partial charge is 0.317 e. The Morgan fingerprint density at radius 1 is 1.29 bits per heavy atom. The Kier molecular flexibility index (Phi) is 6.59. The SMILES string of the molecule is O=C(O)CC1CSCCN1C(=O)NCCN1CCNCC1. The van der Waals surface area contributed by atoms with Gasteiger partial charge in [-0.3, -0.25) is 9.69 Å². The van der Waals surface area contributed by atoms with Gasteiger partial charge in [-0.15, -0.1) is 0 Å². The molecule has 21 heavy (non-hydrogen) atoms. The average Bonchev–Trinajstić information content (AvgIpc) is 2.48. The first-order valence-electron chi connectivity index (χ1n) is 7.44. The first-order chi connectivity index (χ1) is 10.2. The van der Waals surface area contributed by atoms with Crippen LogP contribution >= 0.6 is 11.8 Å². The Hall–Kier alpha value is -0.990. The molecule has 0 radical (unpaired) electrons. The number of nitrogens with one attached hydrogen (secondary N) is 2. The summed E-state index contributed by atoms with van der Waals surface area (Å²) in [5, 5.41) is 15.2. The van der Waals surface area contributed by atoms with E-state index in [0.29, 0.717) is 18.8 Å². The van der Waals surface area contributed by atoms with Crippen molar-refractivity contribution < 1.29 is 14.7 Å². The Balaban J connectivity index is 1.73. The van der Waals surface area contributed by atoms with Crippen molar-refractivity contribution in [3.8, 4) is 0 Å². The second kappa shape index (κ2) is 8.45. The number of urea groups is 1. The molecule has 2 saturated heterocycles. The van der Waals surface area contributed by atoms with Gasteiger partial charge in [-0.05, 0) is 0 Å². The molecule has 2 aliphatic heterocycles. The molecule has 1 unspecified atom stereocenters. The molecule has 2 aliphatic rings. The number of aliphatic carboxylic acids is 1. The third kappa shape index (κ3) is 5.37. The summed E-state index contributed by atoms with van der Waals surface area (Å²) in [6.45, 7) is 6.11. The van der Waals surface area contributed by atoms with Crippen LogP contribution < -0.4 is 10.6 Å². The molecule has 7 nitrogen and oxygen atoms in total. The number of rotatable bonds is 5. The molecule has 0 aromatic carbocycles. The van der Waals surface area contributed by atoms with Gasteiger partial charge in [0.25, 0.3) is 0 Å². The number of thioether (sulfide) groups is 1. The third-order valence-electron chi connectivity index (χ3n) is 3.81. The van der Waals surface area contributed by atoms with Gasteiger partial charge in [0.05, 0.1) is 12.5 Å². The number of nitrogens with zero attached hydrogens (tertiary/aromatic N) is 2. The van der Waals surface area contributed by atoms with Gasteiger partial charge in [0, 0.05) is 57.3 Å². The molecule has 0 aliphatic carbocycles. The van der Waals surface area contributed by atoms with Crippen molar-refractivity contribution in [3.05, 3.63) is 0 Å². The van der Waals surface area contributed by atoms with Gasteiger partial charge in [-0.2, -0.15) is 11.8 Å². The highest BCUT2D eigenvalue weighted by molar-refractivity contribution is 7.99. The van der Waals surface area contributed by atoms with Crippen molar-refractivity contribution in [1.29, 1.82) is 0 Å². The van der Waals surface area contributed by atoms with Crippen LogP contribution in [0, 0.1) is 0 Å². The number of carbonyl (C=O) groups is 2. The Bertz CT molecular complexity index is 363. The van der Waals surface area contributed by atoms with Crippen molar-refractivity contribution in [3.63, 3.8) is 0 Å². The van der Waals surface area contributed by atoms with E-state index in [4.69, 9.17) is 5.11 Å². The molecule has 2 fully saturated rings. The largest absolute Gasteiger partial charge is 0.481 e. The maximum Gasteiger partial charge on any atom is 0.317 e. The lowest BCUT2D eigenvalue weighted by Gasteiger charge is -2.35. The number of amides is 2. The van der Waals surface area contributed by atoms with Crippen LogP contribution in [0.5, 0.6) is 0 Å². The zero-order chi connectivity index (χ0) is 15.1. The van der Waals surface area contributed by atoms with E-state index in [1.165, 1.54) is 0 Å². The summed E-state index contributed by atoms with van der Waals surface area (Å²) in [6, 6.07) is -0.322. The molecular weight excluding hydrogens is 292 g/mol. The second-order valence-corrected chi connectivity index (χ2v) is 6.49. The predicted molar refractivity (Wildman–Crippen MR) is 82.8 cm³/mol. The Labute approximate surface area is 129 Å². The molecule has 0 bridgehead atoms. The van der Waals surface area contributed by atoms with Crippen molar-refractivity contribution in [2.24, 2.45) is 0 Å². The average molecular weight is 316 g/mol. The standard InChI is InChI=1S/C13H24N4O3S/c18-12(19)9-11-10-21-8-7-17(11)13(20)15-3-6-16-4-1-14-2-5-16/h11,14H,1-10H2,(H,15,20)(H,18,19). The molecular formula is C13H24N4O3S. The van der Waals surface area contributed by atoms with Crippen LogP contribution in [-0.4, -0.2) is 90.3 Å². The summed E-state index contributed by atoms with van der Waals surface area (Å²) in [5.74, 6) is 0.736. The maximum absolute atomic E-state index is 12.2. The molecule has 2 rings (SSSR count). The highest BCUT2D eigenvalue weighted by atomic mass is 32.2. The number of hydrogen-bond acceptors (Lipinski definition) is 5. The lowest BCUT2D eigenvalue weighted by atomic mass is 10.2. The number of hydrogen-bond donors (Lipinski definition) is 3. The second-order valence-electron chi connectivity index (χ2n) is 5.34. The molecule has 2 amide bonds. The van der Waals surface area contributed by atoms with E-state index in [9.17, 15) is 9.59 Å². The van der Waals surface area contributed by atoms with Crippen molar-refractivity contribution in [2.75, 3.05) is 57.3 Å². The Morgan fingerprint density at radius 2 is 2.05 bits per heavy atom. The van der Waals surface area contributed by atoms with E-state index >= 15 is 0 Å². The quantitative estimate of drug-likeness (QED) is 0.634. The molecule has 0 aromatic rings. The van der Waals surface area contributed by atoms with E-state index in [0.717, 1.165) is 38.5 Å². The zero-order valence-electron chi connectivity index (χ0n) is 12.2. The van der Waals surface area contributed by atoms with E-state index in [2.05, 4.69) is 15.5 Å². The van der Waals surface area contributed by atoms with Gasteiger partial charge in [0.15, 0.2) is 0 Å². The van der Waals surface area contributed by atoms with E-state index in [1.54, 1.807) is 16.7 Å². The molecule has 8 heteroatoms. The first-order valence-corrected chi connectivity index (χ1v) is 8.59. The molecule has 0 spiro atoms. The fourth-order valence-corrected chi connectivity index (χ4v) is 3.71. The summed E-state index contributed by atoms with van der Waals surface area (Å²) in [5.41, 5.74) is 0. The van der Waals surface area contributed by atoms with Crippen molar-refractivity contribution in [2.45, 2.75) is 12.5 Å². The minimum atomic E-state index is -0.846. The van der Waals surface area contributed by atoms with Gasteiger partial charge in [-0.25, -0.2) is 4.79 Å². The van der Waals surface area contributed by atoms with Crippen molar-refractivity contribution >= 4 is 23.8 Å². The summed E-state index contributed by atoms with van der Waals surface area (Å²) in [4.78, 5) is 27.1. The summed E-state index contributed by atoms with van der Waals surface area (Å²) < 4.78 is 0. The number of carboxylic acid groups (broad SMARTS) is 1. The van der Waals surface area contributed by atoms with Crippen LogP contribution in [0.3, 0.4) is 0 Å². The predicted octanol–water partition coefficient (Wildman–Crippen LogP) is -0.507. The first kappa shape index (κ1) is 16.4. The van der Waals surface area contributed by atoms with Gasteiger partial charge < -0.3 is 20.6 Å². The Morgan fingerprint density at radius 3 is 2.76 bits per heavy atom. The summed E-state index contributed by atoms with van der Waals surface area (Å²) in [7, 11) is 0. The van der Waals surface area contributed by atoms with Crippen LogP contribution in [0.25, 0.3) is 0 Å². The van der Waals surface area contributed by atoms with Gasteiger partial charge >= 0.3 is 12.0 Å². The number of piperazine rings is 1. The molecule has 120 valence electrons. The minimum Gasteiger partial charge on any atom is -0.481 e. The van der Waals surface area contributed by atoms with Gasteiger partial charge in [0.2, 0.25) is 0 Å². The lowest BCUT2D eigenvalue weighted by molar-refractivity contribution is -0.137. The van der Waals surface area contributed by atoms with Crippen LogP contribution in [0.15, 0.2) is 0 Å². The summed E-state index contributed by atoms with van der Waals surface area (Å²) in [6.07, 6.45) is 0.0260. The van der Waals surface area contributed by atoms with Crippen molar-refractivity contribution in [1.82, 2.24) is 20.4 Å². The van der Waals surface area contributed by atoms with E-state index < -0.39 is 5.97 Å². The van der Waals surface area contributed by atoms with Crippen LogP contribution in [0.1, 0.15) is 6.42 Å². The third-order valence-corrected chi connectivity index (χ3v) is 4.90. The van der Waals surface area contributed by atoms with Crippen LogP contribution in [0.4, 0.5) is 4.79 Å². The fourth-order valence-electron chi connectivity index (χ4n) is 2.65. The van der Waals surface area contributed by atoms with Gasteiger partial charge in [0.1, 0.15) is 0 Å². The van der Waals surface area contributed by atoms with E-state index in [1.807, 2.05) is 0 Å². The molecule has 1 atom stereocenters.